The lowest BCUT2D eigenvalue weighted by atomic mass is 9.84. The van der Waals surface area contributed by atoms with Crippen LogP contribution in [0.15, 0.2) is 194 Å². The van der Waals surface area contributed by atoms with Crippen molar-refractivity contribution in [3.8, 4) is 61.5 Å². The number of rotatable bonds is 6. The first-order valence-electron chi connectivity index (χ1n) is 16.7. The normalized spacial score (nSPS) is 11.3. The van der Waals surface area contributed by atoms with E-state index in [0.29, 0.717) is 0 Å². The molecule has 2 heteroatoms. The van der Waals surface area contributed by atoms with Gasteiger partial charge in [-0.25, -0.2) is 4.68 Å². The lowest BCUT2D eigenvalue weighted by molar-refractivity contribution is 0.886. The van der Waals surface area contributed by atoms with E-state index in [2.05, 4.69) is 188 Å². The first kappa shape index (κ1) is 28.7. The number of hydrogen-bond acceptors (Lipinski definition) is 1. The van der Waals surface area contributed by atoms with Crippen LogP contribution in [0.2, 0.25) is 0 Å². The summed E-state index contributed by atoms with van der Waals surface area (Å²) in [7, 11) is 0. The molecule has 0 fully saturated rings. The highest BCUT2D eigenvalue weighted by atomic mass is 15.3. The molecule has 0 atom stereocenters. The molecule has 0 aliphatic carbocycles. The monoisotopic (exact) mass is 624 g/mol. The third-order valence-corrected chi connectivity index (χ3v) is 9.45. The Labute approximate surface area is 286 Å². The molecule has 1 aromatic heterocycles. The van der Waals surface area contributed by atoms with Gasteiger partial charge in [0.2, 0.25) is 0 Å². The molecule has 0 bridgehead atoms. The molecule has 8 aromatic carbocycles. The standard InChI is InChI=1S/C47H32N2/c1-4-14-33(15-5-1)36-20-12-22-38(30-36)46-41-24-10-11-25-42(41)47(39-23-13-21-37(31-39)34-16-6-2-7-17-34)44-32-40(26-27-43(44)46)49-29-28-45(48-49)35-18-8-3-9-19-35/h1-32H. The summed E-state index contributed by atoms with van der Waals surface area (Å²) in [4.78, 5) is 0. The third-order valence-electron chi connectivity index (χ3n) is 9.45. The summed E-state index contributed by atoms with van der Waals surface area (Å²) in [5.74, 6) is 0. The zero-order chi connectivity index (χ0) is 32.6. The van der Waals surface area contributed by atoms with E-state index < -0.39 is 0 Å². The van der Waals surface area contributed by atoms with Crippen LogP contribution in [-0.4, -0.2) is 9.78 Å². The van der Waals surface area contributed by atoms with Crippen molar-refractivity contribution in [2.24, 2.45) is 0 Å². The van der Waals surface area contributed by atoms with Crippen molar-refractivity contribution in [1.82, 2.24) is 9.78 Å². The number of aromatic nitrogens is 2. The summed E-state index contributed by atoms with van der Waals surface area (Å²) < 4.78 is 2.00. The topological polar surface area (TPSA) is 17.8 Å². The lowest BCUT2D eigenvalue weighted by Crippen LogP contribution is -1.97. The van der Waals surface area contributed by atoms with Crippen molar-refractivity contribution < 1.29 is 0 Å². The second kappa shape index (κ2) is 12.3. The van der Waals surface area contributed by atoms with E-state index in [1.54, 1.807) is 0 Å². The molecule has 0 saturated heterocycles. The van der Waals surface area contributed by atoms with Crippen LogP contribution in [0.25, 0.3) is 83.0 Å². The summed E-state index contributed by atoms with van der Waals surface area (Å²) in [5.41, 5.74) is 12.8. The first-order valence-corrected chi connectivity index (χ1v) is 16.7. The fraction of sp³-hybridized carbons (Fsp3) is 0. The van der Waals surface area contributed by atoms with Gasteiger partial charge in [0, 0.05) is 11.8 Å². The fourth-order valence-electron chi connectivity index (χ4n) is 7.13. The van der Waals surface area contributed by atoms with Gasteiger partial charge in [0.1, 0.15) is 0 Å². The number of nitrogens with zero attached hydrogens (tertiary/aromatic N) is 2. The van der Waals surface area contributed by atoms with Crippen LogP contribution in [0.1, 0.15) is 0 Å². The summed E-state index contributed by atoms with van der Waals surface area (Å²) >= 11 is 0. The Hall–Kier alpha value is -6.51. The average molecular weight is 625 g/mol. The van der Waals surface area contributed by atoms with Crippen LogP contribution >= 0.6 is 0 Å². The van der Waals surface area contributed by atoms with E-state index >= 15 is 0 Å². The average Bonchev–Trinajstić information content (AvgIpc) is 3.69. The zero-order valence-electron chi connectivity index (χ0n) is 26.9. The third kappa shape index (κ3) is 5.30. The van der Waals surface area contributed by atoms with Crippen LogP contribution in [0.3, 0.4) is 0 Å². The lowest BCUT2D eigenvalue weighted by Gasteiger charge is -2.19. The van der Waals surface area contributed by atoms with Crippen molar-refractivity contribution >= 4 is 21.5 Å². The minimum absolute atomic E-state index is 0.952. The fourth-order valence-corrected chi connectivity index (χ4v) is 7.13. The molecule has 230 valence electrons. The van der Waals surface area contributed by atoms with Gasteiger partial charge in [-0.05, 0) is 96.4 Å². The van der Waals surface area contributed by atoms with E-state index in [1.807, 2.05) is 10.7 Å². The van der Waals surface area contributed by atoms with Crippen LogP contribution < -0.4 is 0 Å². The van der Waals surface area contributed by atoms with E-state index in [9.17, 15) is 0 Å². The molecule has 0 saturated carbocycles. The van der Waals surface area contributed by atoms with Crippen molar-refractivity contribution in [2.75, 3.05) is 0 Å². The molecule has 1 heterocycles. The van der Waals surface area contributed by atoms with Gasteiger partial charge in [-0.15, -0.1) is 0 Å². The van der Waals surface area contributed by atoms with Gasteiger partial charge in [-0.2, -0.15) is 5.10 Å². The highest BCUT2D eigenvalue weighted by Crippen LogP contribution is 2.45. The minimum Gasteiger partial charge on any atom is -0.240 e. The molecule has 0 spiro atoms. The van der Waals surface area contributed by atoms with Gasteiger partial charge < -0.3 is 0 Å². The predicted octanol–water partition coefficient (Wildman–Crippen LogP) is 12.5. The number of fused-ring (bicyclic) bond motifs is 2. The number of hydrogen-bond donors (Lipinski definition) is 0. The first-order chi connectivity index (χ1) is 24.3. The molecule has 49 heavy (non-hydrogen) atoms. The van der Waals surface area contributed by atoms with Crippen LogP contribution in [0, 0.1) is 0 Å². The van der Waals surface area contributed by atoms with Crippen molar-refractivity contribution in [3.63, 3.8) is 0 Å². The maximum Gasteiger partial charge on any atom is 0.0927 e. The molecule has 0 unspecified atom stereocenters. The van der Waals surface area contributed by atoms with E-state index in [1.165, 1.54) is 66.1 Å². The smallest absolute Gasteiger partial charge is 0.0927 e. The summed E-state index contributed by atoms with van der Waals surface area (Å²) in [6.45, 7) is 0. The molecule has 0 aliphatic heterocycles. The maximum absolute atomic E-state index is 5.02. The highest BCUT2D eigenvalue weighted by molar-refractivity contribution is 6.22. The van der Waals surface area contributed by atoms with E-state index in [4.69, 9.17) is 5.10 Å². The largest absolute Gasteiger partial charge is 0.240 e. The number of benzene rings is 8. The Kier molecular flexibility index (Phi) is 7.18. The highest BCUT2D eigenvalue weighted by Gasteiger charge is 2.19. The Morgan fingerprint density at radius 3 is 1.33 bits per heavy atom. The summed E-state index contributed by atoms with van der Waals surface area (Å²) in [6, 6.07) is 67.3. The molecule has 9 aromatic rings. The van der Waals surface area contributed by atoms with Gasteiger partial charge in [0.25, 0.3) is 0 Å². The van der Waals surface area contributed by atoms with E-state index in [0.717, 1.165) is 16.9 Å². The summed E-state index contributed by atoms with van der Waals surface area (Å²) in [5, 5.41) is 9.88. The summed E-state index contributed by atoms with van der Waals surface area (Å²) in [6.07, 6.45) is 2.06. The Morgan fingerprint density at radius 1 is 0.306 bits per heavy atom. The molecule has 0 N–H and O–H groups in total. The van der Waals surface area contributed by atoms with Gasteiger partial charge >= 0.3 is 0 Å². The second-order valence-electron chi connectivity index (χ2n) is 12.4. The van der Waals surface area contributed by atoms with Crippen LogP contribution in [-0.2, 0) is 0 Å². The van der Waals surface area contributed by atoms with Gasteiger partial charge in [-0.1, -0.05) is 158 Å². The van der Waals surface area contributed by atoms with Gasteiger partial charge in [-0.3, -0.25) is 0 Å². The minimum atomic E-state index is 0.952. The zero-order valence-corrected chi connectivity index (χ0v) is 26.9. The molecule has 0 radical (unpaired) electrons. The molecule has 0 amide bonds. The SMILES string of the molecule is c1ccc(-c2cccc(-c3c4ccccc4c(-c4cccc(-c5ccccc5)c4)c4cc(-n5ccc(-c6ccccc6)n5)ccc34)c2)cc1. The maximum atomic E-state index is 5.02. The Balaban J connectivity index is 1.32. The second-order valence-corrected chi connectivity index (χ2v) is 12.4. The molecular weight excluding hydrogens is 593 g/mol. The van der Waals surface area contributed by atoms with Crippen molar-refractivity contribution in [1.29, 1.82) is 0 Å². The van der Waals surface area contributed by atoms with Crippen molar-refractivity contribution in [2.45, 2.75) is 0 Å². The molecular formula is C47H32N2. The van der Waals surface area contributed by atoms with E-state index in [-0.39, 0.29) is 0 Å². The molecule has 2 nitrogen and oxygen atoms in total. The molecule has 0 aliphatic rings. The van der Waals surface area contributed by atoms with Crippen LogP contribution in [0.4, 0.5) is 0 Å². The Morgan fingerprint density at radius 2 is 0.755 bits per heavy atom. The Bertz CT molecular complexity index is 2580. The van der Waals surface area contributed by atoms with Crippen molar-refractivity contribution in [3.05, 3.63) is 194 Å². The van der Waals surface area contributed by atoms with Gasteiger partial charge in [0.05, 0.1) is 11.4 Å². The molecule has 9 rings (SSSR count). The quantitative estimate of drug-likeness (QED) is 0.168. The van der Waals surface area contributed by atoms with Gasteiger partial charge in [0.15, 0.2) is 0 Å². The van der Waals surface area contributed by atoms with Crippen LogP contribution in [0.5, 0.6) is 0 Å². The predicted molar refractivity (Wildman–Crippen MR) is 206 cm³/mol.